The largest absolute Gasteiger partial charge is 0.345 e. The van der Waals surface area contributed by atoms with Crippen molar-refractivity contribution in [2.24, 2.45) is 7.05 Å². The fourth-order valence-electron chi connectivity index (χ4n) is 3.51. The molecule has 12 heteroatoms. The van der Waals surface area contributed by atoms with Gasteiger partial charge in [-0.3, -0.25) is 9.48 Å². The molecule has 5 rings (SSSR count). The maximum atomic E-state index is 15.0. The second-order valence-corrected chi connectivity index (χ2v) is 9.10. The van der Waals surface area contributed by atoms with E-state index in [1.807, 2.05) is 40.1 Å². The van der Waals surface area contributed by atoms with Crippen molar-refractivity contribution >= 4 is 11.4 Å². The van der Waals surface area contributed by atoms with Crippen molar-refractivity contribution in [1.29, 1.82) is 0 Å². The monoisotopic (exact) mass is 474 g/mol. The zero-order valence-corrected chi connectivity index (χ0v) is 19.6. The standard InChI is InChI=1S/C23H23FN10O/c1-23(2,3)34-30-21(29-31-34)22(35)25-10-15-6-5-14(9-17(15)24)20-19-7-8-26-33(19)13-18(28-20)16-11-27-32(4)12-16/h5-9,11-13H,10H2,1-4H3,(H,25,35). The molecule has 0 atom stereocenters. The van der Waals surface area contributed by atoms with Gasteiger partial charge in [0.1, 0.15) is 5.82 Å². The number of tetrazole rings is 1. The molecule has 0 aliphatic rings. The molecule has 1 amide bonds. The number of nitrogens with one attached hydrogen (secondary N) is 1. The lowest BCUT2D eigenvalue weighted by Gasteiger charge is -2.15. The number of hydrogen-bond acceptors (Lipinski definition) is 7. The normalized spacial score (nSPS) is 11.8. The van der Waals surface area contributed by atoms with Gasteiger partial charge in [0, 0.05) is 36.5 Å². The lowest BCUT2D eigenvalue weighted by atomic mass is 10.1. The number of aryl methyl sites for hydroxylation is 1. The molecule has 0 saturated heterocycles. The van der Waals surface area contributed by atoms with Crippen molar-refractivity contribution in [1.82, 2.24) is 49.9 Å². The summed E-state index contributed by atoms with van der Waals surface area (Å²) in [6.45, 7) is 5.66. The molecule has 178 valence electrons. The number of halogens is 1. The summed E-state index contributed by atoms with van der Waals surface area (Å²) in [5.41, 5.74) is 3.31. The van der Waals surface area contributed by atoms with Gasteiger partial charge in [-0.25, -0.2) is 13.9 Å². The van der Waals surface area contributed by atoms with Crippen molar-refractivity contribution < 1.29 is 9.18 Å². The van der Waals surface area contributed by atoms with Crippen LogP contribution in [0.15, 0.2) is 49.1 Å². The van der Waals surface area contributed by atoms with E-state index in [9.17, 15) is 4.79 Å². The Balaban J connectivity index is 1.39. The van der Waals surface area contributed by atoms with Gasteiger partial charge in [-0.05, 0) is 38.1 Å². The van der Waals surface area contributed by atoms with Crippen LogP contribution in [-0.2, 0) is 19.1 Å². The SMILES string of the molecule is Cn1cc(-c2cn3nccc3c(-c3ccc(CNC(=O)c4nnn(C(C)(C)C)n4)c(F)c3)n2)cn1. The van der Waals surface area contributed by atoms with Gasteiger partial charge in [0.05, 0.1) is 41.0 Å². The number of amides is 1. The maximum absolute atomic E-state index is 15.0. The minimum absolute atomic E-state index is 0.0275. The number of carbonyl (C=O) groups is 1. The second kappa shape index (κ2) is 8.38. The number of nitrogens with zero attached hydrogens (tertiary/aromatic N) is 9. The summed E-state index contributed by atoms with van der Waals surface area (Å²) < 4.78 is 18.4. The van der Waals surface area contributed by atoms with Crippen LogP contribution in [0.2, 0.25) is 0 Å². The van der Waals surface area contributed by atoms with Gasteiger partial charge >= 0.3 is 0 Å². The molecule has 1 aromatic carbocycles. The third-order valence-corrected chi connectivity index (χ3v) is 5.37. The van der Waals surface area contributed by atoms with E-state index in [-0.39, 0.29) is 12.4 Å². The number of hydrogen-bond donors (Lipinski definition) is 1. The van der Waals surface area contributed by atoms with E-state index in [1.165, 1.54) is 10.9 Å². The van der Waals surface area contributed by atoms with Gasteiger partial charge in [-0.1, -0.05) is 12.1 Å². The number of aromatic nitrogens is 9. The van der Waals surface area contributed by atoms with Gasteiger partial charge in [0.15, 0.2) is 0 Å². The second-order valence-electron chi connectivity index (χ2n) is 9.10. The molecule has 1 N–H and O–H groups in total. The van der Waals surface area contributed by atoms with Crippen LogP contribution in [0, 0.1) is 5.82 Å². The van der Waals surface area contributed by atoms with Crippen LogP contribution in [0.3, 0.4) is 0 Å². The van der Waals surface area contributed by atoms with Crippen LogP contribution >= 0.6 is 0 Å². The molecular weight excluding hydrogens is 451 g/mol. The van der Waals surface area contributed by atoms with Crippen LogP contribution in [0.1, 0.15) is 37.0 Å². The topological polar surface area (TPSA) is 121 Å². The third-order valence-electron chi connectivity index (χ3n) is 5.37. The molecule has 0 unspecified atom stereocenters. The highest BCUT2D eigenvalue weighted by atomic mass is 19.1. The summed E-state index contributed by atoms with van der Waals surface area (Å²) in [5, 5.41) is 22.9. The molecule has 0 aliphatic heterocycles. The Bertz CT molecular complexity index is 1540. The summed E-state index contributed by atoms with van der Waals surface area (Å²) in [6.07, 6.45) is 7.03. The Morgan fingerprint density at radius 3 is 2.63 bits per heavy atom. The molecule has 11 nitrogen and oxygen atoms in total. The van der Waals surface area contributed by atoms with Crippen LogP contribution in [0.25, 0.3) is 28.0 Å². The van der Waals surface area contributed by atoms with Gasteiger partial charge in [-0.2, -0.15) is 15.0 Å². The van der Waals surface area contributed by atoms with Gasteiger partial charge in [-0.15, -0.1) is 10.2 Å². The van der Waals surface area contributed by atoms with Gasteiger partial charge in [0.2, 0.25) is 0 Å². The molecule has 0 spiro atoms. The van der Waals surface area contributed by atoms with Crippen LogP contribution in [-0.4, -0.2) is 50.5 Å². The smallest absolute Gasteiger partial charge is 0.293 e. The highest BCUT2D eigenvalue weighted by Gasteiger charge is 2.20. The maximum Gasteiger partial charge on any atom is 0.293 e. The molecular formula is C23H23FN10O. The highest BCUT2D eigenvalue weighted by Crippen LogP contribution is 2.28. The van der Waals surface area contributed by atoms with Gasteiger partial charge in [0.25, 0.3) is 11.7 Å². The van der Waals surface area contributed by atoms with Crippen molar-refractivity contribution in [2.45, 2.75) is 32.9 Å². The zero-order chi connectivity index (χ0) is 24.7. The van der Waals surface area contributed by atoms with E-state index in [0.717, 1.165) is 11.1 Å². The fourth-order valence-corrected chi connectivity index (χ4v) is 3.51. The zero-order valence-electron chi connectivity index (χ0n) is 19.6. The van der Waals surface area contributed by atoms with Crippen LogP contribution in [0.4, 0.5) is 4.39 Å². The number of carbonyl (C=O) groups excluding carboxylic acids is 1. The molecule has 0 aliphatic carbocycles. The molecule has 35 heavy (non-hydrogen) atoms. The summed E-state index contributed by atoms with van der Waals surface area (Å²) in [7, 11) is 1.83. The third kappa shape index (κ3) is 4.37. The first-order valence-electron chi connectivity index (χ1n) is 10.9. The quantitative estimate of drug-likeness (QED) is 0.416. The molecule has 0 fully saturated rings. The summed E-state index contributed by atoms with van der Waals surface area (Å²) in [5.74, 6) is -1.08. The summed E-state index contributed by atoms with van der Waals surface area (Å²) in [6, 6.07) is 6.61. The van der Waals surface area contributed by atoms with Gasteiger partial charge < -0.3 is 5.32 Å². The molecule has 0 bridgehead atoms. The van der Waals surface area contributed by atoms with E-state index in [2.05, 4.69) is 30.9 Å². The predicted molar refractivity (Wildman–Crippen MR) is 125 cm³/mol. The Morgan fingerprint density at radius 2 is 1.94 bits per heavy atom. The van der Waals surface area contributed by atoms with Crippen LogP contribution in [0.5, 0.6) is 0 Å². The van der Waals surface area contributed by atoms with E-state index < -0.39 is 17.3 Å². The Kier molecular flexibility index (Phi) is 5.35. The van der Waals surface area contributed by atoms with Crippen molar-refractivity contribution in [3.05, 3.63) is 66.3 Å². The van der Waals surface area contributed by atoms with Crippen molar-refractivity contribution in [3.8, 4) is 22.5 Å². The Labute approximate surface area is 199 Å². The van der Waals surface area contributed by atoms with Crippen molar-refractivity contribution in [3.63, 3.8) is 0 Å². The molecule has 0 radical (unpaired) electrons. The van der Waals surface area contributed by atoms with Crippen molar-refractivity contribution in [2.75, 3.05) is 0 Å². The average Bonchev–Trinajstić information content (AvgIpc) is 3.57. The van der Waals surface area contributed by atoms with E-state index in [1.54, 1.807) is 39.9 Å². The lowest BCUT2D eigenvalue weighted by Crippen LogP contribution is -2.27. The number of fused-ring (bicyclic) bond motifs is 1. The number of benzene rings is 1. The first kappa shape index (κ1) is 22.3. The predicted octanol–water partition coefficient (Wildman–Crippen LogP) is 2.61. The molecule has 5 aromatic rings. The minimum Gasteiger partial charge on any atom is -0.345 e. The Morgan fingerprint density at radius 1 is 1.11 bits per heavy atom. The van der Waals surface area contributed by atoms with E-state index >= 15 is 4.39 Å². The average molecular weight is 475 g/mol. The lowest BCUT2D eigenvalue weighted by molar-refractivity contribution is 0.0939. The first-order valence-corrected chi connectivity index (χ1v) is 10.9. The Hall–Kier alpha value is -4.48. The van der Waals surface area contributed by atoms with Crippen LogP contribution < -0.4 is 5.32 Å². The summed E-state index contributed by atoms with van der Waals surface area (Å²) in [4.78, 5) is 18.5. The van der Waals surface area contributed by atoms with E-state index in [0.29, 0.717) is 22.5 Å². The molecule has 4 aromatic heterocycles. The fraction of sp³-hybridized carbons (Fsp3) is 0.261. The first-order chi connectivity index (χ1) is 16.7. The van der Waals surface area contributed by atoms with E-state index in [4.69, 9.17) is 4.98 Å². The number of rotatable bonds is 5. The summed E-state index contributed by atoms with van der Waals surface area (Å²) >= 11 is 0. The molecule has 0 saturated carbocycles. The molecule has 4 heterocycles. The highest BCUT2D eigenvalue weighted by molar-refractivity contribution is 5.90. The minimum atomic E-state index is -0.532.